The second-order valence-corrected chi connectivity index (χ2v) is 8.14. The SMILES string of the molecule is O=C(Cc1csc(SCC(=O)Nc2ccc(F)cc2)n1)NC[C@H]1CCCO1. The van der Waals surface area contributed by atoms with Gasteiger partial charge in [0.15, 0.2) is 4.34 Å². The molecular weight excluding hydrogens is 389 g/mol. The van der Waals surface area contributed by atoms with Crippen molar-refractivity contribution in [3.63, 3.8) is 0 Å². The average Bonchev–Trinajstić information content (AvgIpc) is 3.32. The van der Waals surface area contributed by atoms with Gasteiger partial charge in [-0.2, -0.15) is 0 Å². The van der Waals surface area contributed by atoms with Crippen molar-refractivity contribution in [1.82, 2.24) is 10.3 Å². The Morgan fingerprint density at radius 3 is 2.85 bits per heavy atom. The number of carbonyl (C=O) groups is 2. The summed E-state index contributed by atoms with van der Waals surface area (Å²) in [7, 11) is 0. The molecule has 0 unspecified atom stereocenters. The van der Waals surface area contributed by atoms with E-state index in [1.165, 1.54) is 47.4 Å². The van der Waals surface area contributed by atoms with Gasteiger partial charge >= 0.3 is 0 Å². The molecule has 2 amide bonds. The Kier molecular flexibility index (Phi) is 7.19. The lowest BCUT2D eigenvalue weighted by Gasteiger charge is -2.09. The number of nitrogens with zero attached hydrogens (tertiary/aromatic N) is 1. The molecule has 1 fully saturated rings. The minimum absolute atomic E-state index is 0.0820. The third-order valence-electron chi connectivity index (χ3n) is 3.88. The summed E-state index contributed by atoms with van der Waals surface area (Å²) in [5, 5.41) is 7.39. The molecule has 6 nitrogen and oxygen atoms in total. The van der Waals surface area contributed by atoms with Crippen LogP contribution >= 0.6 is 23.1 Å². The first kappa shape index (κ1) is 19.8. The number of aromatic nitrogens is 1. The Hall–Kier alpha value is -1.97. The molecule has 1 saturated heterocycles. The summed E-state index contributed by atoms with van der Waals surface area (Å²) >= 11 is 2.70. The molecule has 0 radical (unpaired) electrons. The van der Waals surface area contributed by atoms with Gasteiger partial charge < -0.3 is 15.4 Å². The lowest BCUT2D eigenvalue weighted by molar-refractivity contribution is -0.121. The van der Waals surface area contributed by atoms with Gasteiger partial charge in [0, 0.05) is 24.2 Å². The van der Waals surface area contributed by atoms with Crippen molar-refractivity contribution >= 4 is 40.6 Å². The number of amides is 2. The van der Waals surface area contributed by atoms with Crippen molar-refractivity contribution in [2.75, 3.05) is 24.2 Å². The van der Waals surface area contributed by atoms with Gasteiger partial charge in [-0.15, -0.1) is 11.3 Å². The zero-order valence-corrected chi connectivity index (χ0v) is 16.2. The van der Waals surface area contributed by atoms with Crippen molar-refractivity contribution in [2.45, 2.75) is 29.7 Å². The van der Waals surface area contributed by atoms with Crippen LogP contribution in [0.15, 0.2) is 34.0 Å². The molecule has 1 aliphatic rings. The van der Waals surface area contributed by atoms with Crippen LogP contribution in [0.1, 0.15) is 18.5 Å². The Balaban J connectivity index is 1.38. The maximum absolute atomic E-state index is 12.9. The van der Waals surface area contributed by atoms with Gasteiger partial charge in [0.05, 0.1) is 24.0 Å². The maximum atomic E-state index is 12.9. The third-order valence-corrected chi connectivity index (χ3v) is 5.95. The van der Waals surface area contributed by atoms with E-state index in [9.17, 15) is 14.0 Å². The predicted molar refractivity (Wildman–Crippen MR) is 104 cm³/mol. The Bertz CT molecular complexity index is 776. The fraction of sp³-hybridized carbons (Fsp3) is 0.389. The molecule has 3 rings (SSSR count). The largest absolute Gasteiger partial charge is 0.376 e. The van der Waals surface area contributed by atoms with E-state index < -0.39 is 0 Å². The Labute approximate surface area is 164 Å². The number of halogens is 1. The van der Waals surface area contributed by atoms with E-state index in [-0.39, 0.29) is 35.9 Å². The first-order chi connectivity index (χ1) is 13.1. The molecule has 1 aromatic heterocycles. The van der Waals surface area contributed by atoms with Gasteiger partial charge in [-0.05, 0) is 37.1 Å². The van der Waals surface area contributed by atoms with Crippen LogP contribution in [-0.4, -0.2) is 41.8 Å². The van der Waals surface area contributed by atoms with Gasteiger partial charge in [-0.25, -0.2) is 9.37 Å². The topological polar surface area (TPSA) is 80.3 Å². The van der Waals surface area contributed by atoms with E-state index in [0.717, 1.165) is 23.8 Å². The fourth-order valence-corrected chi connectivity index (χ4v) is 4.20. The van der Waals surface area contributed by atoms with Crippen LogP contribution in [0.5, 0.6) is 0 Å². The third kappa shape index (κ3) is 6.60. The van der Waals surface area contributed by atoms with Gasteiger partial charge in [0.1, 0.15) is 5.82 Å². The fourth-order valence-electron chi connectivity index (χ4n) is 2.55. The first-order valence-corrected chi connectivity index (χ1v) is 10.5. The molecule has 0 saturated carbocycles. The molecule has 0 aliphatic carbocycles. The van der Waals surface area contributed by atoms with Crippen molar-refractivity contribution in [3.8, 4) is 0 Å². The Morgan fingerprint density at radius 2 is 2.11 bits per heavy atom. The number of hydrogen-bond donors (Lipinski definition) is 2. The predicted octanol–water partition coefficient (Wildman–Crippen LogP) is 2.85. The second kappa shape index (κ2) is 9.82. The number of ether oxygens (including phenoxy) is 1. The highest BCUT2D eigenvalue weighted by Crippen LogP contribution is 2.23. The summed E-state index contributed by atoms with van der Waals surface area (Å²) in [4.78, 5) is 28.3. The highest BCUT2D eigenvalue weighted by molar-refractivity contribution is 8.01. The zero-order chi connectivity index (χ0) is 19.1. The van der Waals surface area contributed by atoms with Gasteiger partial charge in [0.2, 0.25) is 11.8 Å². The zero-order valence-electron chi connectivity index (χ0n) is 14.6. The van der Waals surface area contributed by atoms with Gasteiger partial charge in [-0.1, -0.05) is 11.8 Å². The van der Waals surface area contributed by atoms with Gasteiger partial charge in [0.25, 0.3) is 0 Å². The van der Waals surface area contributed by atoms with Crippen LogP contribution in [-0.2, 0) is 20.7 Å². The van der Waals surface area contributed by atoms with Crippen LogP contribution < -0.4 is 10.6 Å². The summed E-state index contributed by atoms with van der Waals surface area (Å²) in [6, 6.07) is 5.60. The highest BCUT2D eigenvalue weighted by atomic mass is 32.2. The van der Waals surface area contributed by atoms with Crippen LogP contribution in [0.25, 0.3) is 0 Å². The van der Waals surface area contributed by atoms with Crippen molar-refractivity contribution in [3.05, 3.63) is 41.2 Å². The molecule has 1 atom stereocenters. The molecule has 9 heteroatoms. The number of thiazole rings is 1. The van der Waals surface area contributed by atoms with Crippen molar-refractivity contribution in [2.24, 2.45) is 0 Å². The summed E-state index contributed by atoms with van der Waals surface area (Å²) in [6.07, 6.45) is 2.36. The van der Waals surface area contributed by atoms with E-state index in [1.807, 2.05) is 5.38 Å². The van der Waals surface area contributed by atoms with E-state index in [1.54, 1.807) is 0 Å². The summed E-state index contributed by atoms with van der Waals surface area (Å²) < 4.78 is 19.1. The van der Waals surface area contributed by atoms with Crippen LogP contribution in [0.2, 0.25) is 0 Å². The number of hydrogen-bond acceptors (Lipinski definition) is 6. The molecule has 27 heavy (non-hydrogen) atoms. The number of benzene rings is 1. The van der Waals surface area contributed by atoms with Crippen LogP contribution in [0.4, 0.5) is 10.1 Å². The number of carbonyl (C=O) groups excluding carboxylic acids is 2. The lowest BCUT2D eigenvalue weighted by atomic mass is 10.2. The highest BCUT2D eigenvalue weighted by Gasteiger charge is 2.16. The van der Waals surface area contributed by atoms with Gasteiger partial charge in [-0.3, -0.25) is 9.59 Å². The molecule has 2 aromatic rings. The van der Waals surface area contributed by atoms with Crippen LogP contribution in [0, 0.1) is 5.82 Å². The molecule has 2 N–H and O–H groups in total. The standard InChI is InChI=1S/C18H20FN3O3S2/c19-12-3-5-13(6-4-12)21-17(24)11-27-18-22-14(10-26-18)8-16(23)20-9-15-2-1-7-25-15/h3-6,10,15H,1-2,7-9,11H2,(H,20,23)(H,21,24)/t15-/m1/s1. The molecule has 0 spiro atoms. The molecule has 1 aromatic carbocycles. The molecule has 2 heterocycles. The normalized spacial score (nSPS) is 16.3. The van der Waals surface area contributed by atoms with Crippen molar-refractivity contribution < 1.29 is 18.7 Å². The molecule has 0 bridgehead atoms. The van der Waals surface area contributed by atoms with E-state index >= 15 is 0 Å². The quantitative estimate of drug-likeness (QED) is 0.656. The number of rotatable bonds is 8. The van der Waals surface area contributed by atoms with Crippen molar-refractivity contribution in [1.29, 1.82) is 0 Å². The summed E-state index contributed by atoms with van der Waals surface area (Å²) in [6.45, 7) is 1.30. The van der Waals surface area contributed by atoms with E-state index in [2.05, 4.69) is 15.6 Å². The van der Waals surface area contributed by atoms with E-state index in [0.29, 0.717) is 17.9 Å². The minimum atomic E-state index is -0.350. The molecular formula is C18H20FN3O3S2. The number of anilines is 1. The second-order valence-electron chi connectivity index (χ2n) is 6.06. The minimum Gasteiger partial charge on any atom is -0.376 e. The summed E-state index contributed by atoms with van der Waals surface area (Å²) in [5.41, 5.74) is 1.23. The van der Waals surface area contributed by atoms with E-state index in [4.69, 9.17) is 4.74 Å². The molecule has 1 aliphatic heterocycles. The number of nitrogens with one attached hydrogen (secondary N) is 2. The lowest BCUT2D eigenvalue weighted by Crippen LogP contribution is -2.32. The smallest absolute Gasteiger partial charge is 0.234 e. The molecule has 144 valence electrons. The summed E-state index contributed by atoms with van der Waals surface area (Å²) in [5.74, 6) is -0.438. The van der Waals surface area contributed by atoms with Crippen LogP contribution in [0.3, 0.4) is 0 Å². The maximum Gasteiger partial charge on any atom is 0.234 e. The average molecular weight is 410 g/mol. The monoisotopic (exact) mass is 409 g/mol. The first-order valence-electron chi connectivity index (χ1n) is 8.59. The number of thioether (sulfide) groups is 1. The Morgan fingerprint density at radius 1 is 1.30 bits per heavy atom.